The Balaban J connectivity index is 0.782. The Morgan fingerprint density at radius 1 is 0.659 bits per heavy atom. The molecule has 91 heavy (non-hydrogen) atoms. The molecule has 10 aromatic rings. The van der Waals surface area contributed by atoms with Crippen molar-refractivity contribution in [1.29, 1.82) is 0 Å². The molecular weight excluding hydrogens is 1100 g/mol. The van der Waals surface area contributed by atoms with E-state index in [-0.39, 0.29) is 29.2 Å². The molecule has 0 saturated carbocycles. The lowest BCUT2D eigenvalue weighted by Crippen LogP contribution is -2.35. The van der Waals surface area contributed by atoms with Crippen LogP contribution >= 0.6 is 0 Å². The number of para-hydroxylation sites is 2. The van der Waals surface area contributed by atoms with Gasteiger partial charge in [-0.05, 0) is 172 Å². The molecular formula is C87H74N2O2. The monoisotopic (exact) mass is 1180 g/mol. The van der Waals surface area contributed by atoms with E-state index in [0.717, 1.165) is 86.5 Å². The number of fused-ring (bicyclic) bond motifs is 6. The summed E-state index contributed by atoms with van der Waals surface area (Å²) in [5.41, 5.74) is 24.3. The molecule has 0 radical (unpaired) electrons. The van der Waals surface area contributed by atoms with Crippen LogP contribution in [0.2, 0.25) is 0 Å². The summed E-state index contributed by atoms with van der Waals surface area (Å²) >= 11 is 0. The van der Waals surface area contributed by atoms with E-state index < -0.39 is 0 Å². The minimum Gasteiger partial charge on any atom is -0.456 e. The lowest BCUT2D eigenvalue weighted by atomic mass is 9.73. The van der Waals surface area contributed by atoms with E-state index in [1.807, 2.05) is 36.4 Å². The number of furan rings is 2. The first kappa shape index (κ1) is 58.0. The number of hydrogen-bond acceptors (Lipinski definition) is 4. The van der Waals surface area contributed by atoms with Crippen molar-refractivity contribution in [3.8, 4) is 22.3 Å². The van der Waals surface area contributed by atoms with Gasteiger partial charge in [0.2, 0.25) is 0 Å². The number of nitrogens with zero attached hydrogens (tertiary/aromatic N) is 2. The highest BCUT2D eigenvalue weighted by atomic mass is 16.3. The summed E-state index contributed by atoms with van der Waals surface area (Å²) in [7, 11) is 0. The highest BCUT2D eigenvalue weighted by Gasteiger charge is 2.47. The first-order chi connectivity index (χ1) is 44.7. The van der Waals surface area contributed by atoms with Crippen LogP contribution in [0.15, 0.2) is 320 Å². The van der Waals surface area contributed by atoms with Gasteiger partial charge in [0.25, 0.3) is 0 Å². The van der Waals surface area contributed by atoms with E-state index in [4.69, 9.17) is 8.83 Å². The Morgan fingerprint density at radius 3 is 2.01 bits per heavy atom. The zero-order valence-electron chi connectivity index (χ0n) is 52.1. The maximum absolute atomic E-state index is 6.42. The third-order valence-electron chi connectivity index (χ3n) is 19.3. The third kappa shape index (κ3) is 10.7. The second kappa shape index (κ2) is 24.7. The Morgan fingerprint density at radius 2 is 1.35 bits per heavy atom. The largest absolute Gasteiger partial charge is 0.456 e. The van der Waals surface area contributed by atoms with Gasteiger partial charge >= 0.3 is 0 Å². The fourth-order valence-electron chi connectivity index (χ4n) is 14.6. The number of rotatable bonds is 18. The molecule has 2 aromatic heterocycles. The summed E-state index contributed by atoms with van der Waals surface area (Å²) in [6.07, 6.45) is 35.4. The SMILES string of the molecule is C=CC=C(C(C=CCC=CC1c2cc(C3=CCC(c4cccc5c(C=C)c(C=C)oc45)C=C3)ccc2N(C2=CC=C3c4ccc(N(c5ccc(-c6ccccc6)cc5)c5ccc(-c6ccccc6)cc5)cc4C(C)(C)C3C2)C1C=C)=CC)c1cc2ccccc2o1. The molecule has 4 atom stereocenters. The van der Waals surface area contributed by atoms with E-state index in [1.54, 1.807) is 6.08 Å². The van der Waals surface area contributed by atoms with Crippen LogP contribution in [0.4, 0.5) is 22.7 Å². The van der Waals surface area contributed by atoms with Gasteiger partial charge in [-0.2, -0.15) is 0 Å². The Bertz CT molecular complexity index is 4620. The van der Waals surface area contributed by atoms with Gasteiger partial charge in [0.1, 0.15) is 22.7 Å². The predicted molar refractivity (Wildman–Crippen MR) is 387 cm³/mol. The first-order valence-corrected chi connectivity index (χ1v) is 31.9. The second-order valence-electron chi connectivity index (χ2n) is 24.7. The fourth-order valence-corrected chi connectivity index (χ4v) is 14.6. The molecule has 8 aromatic carbocycles. The minimum absolute atomic E-state index is 0.0171. The maximum Gasteiger partial charge on any atom is 0.139 e. The molecule has 4 heteroatoms. The van der Waals surface area contributed by atoms with Crippen molar-refractivity contribution < 1.29 is 8.83 Å². The van der Waals surface area contributed by atoms with Crippen LogP contribution in [0.25, 0.3) is 73.1 Å². The molecule has 3 aliphatic carbocycles. The smallest absolute Gasteiger partial charge is 0.139 e. The van der Waals surface area contributed by atoms with Gasteiger partial charge in [0.05, 0.1) is 6.04 Å². The highest BCUT2D eigenvalue weighted by molar-refractivity contribution is 5.94. The molecule has 0 spiro atoms. The molecule has 4 unspecified atom stereocenters. The lowest BCUT2D eigenvalue weighted by Gasteiger charge is -2.37. The van der Waals surface area contributed by atoms with Crippen molar-refractivity contribution >= 4 is 73.6 Å². The lowest BCUT2D eigenvalue weighted by molar-refractivity contribution is 0.404. The van der Waals surface area contributed by atoms with Gasteiger partial charge < -0.3 is 18.6 Å². The molecule has 0 fully saturated rings. The van der Waals surface area contributed by atoms with Crippen molar-refractivity contribution in [2.75, 3.05) is 9.80 Å². The van der Waals surface area contributed by atoms with Crippen molar-refractivity contribution in [2.45, 2.75) is 63.3 Å². The zero-order chi connectivity index (χ0) is 62.2. The van der Waals surface area contributed by atoms with Gasteiger partial charge in [0, 0.05) is 67.8 Å². The normalized spacial score (nSPS) is 18.5. The first-order valence-electron chi connectivity index (χ1n) is 31.9. The number of hydrogen-bond donors (Lipinski definition) is 0. The molecule has 14 rings (SSSR count). The molecule has 0 bridgehead atoms. The predicted octanol–water partition coefficient (Wildman–Crippen LogP) is 23.9. The topological polar surface area (TPSA) is 32.8 Å². The van der Waals surface area contributed by atoms with E-state index in [1.165, 1.54) is 72.6 Å². The summed E-state index contributed by atoms with van der Waals surface area (Å²) in [4.78, 5) is 5.02. The van der Waals surface area contributed by atoms with Crippen molar-refractivity contribution in [2.24, 2.45) is 5.92 Å². The number of benzene rings is 8. The summed E-state index contributed by atoms with van der Waals surface area (Å²) in [6.45, 7) is 23.8. The van der Waals surface area contributed by atoms with Crippen molar-refractivity contribution in [1.82, 2.24) is 0 Å². The number of allylic oxidation sites excluding steroid dienone is 16. The van der Waals surface area contributed by atoms with E-state index in [2.05, 4.69) is 300 Å². The summed E-state index contributed by atoms with van der Waals surface area (Å²) in [6, 6.07) is 70.3. The van der Waals surface area contributed by atoms with Crippen LogP contribution in [0.5, 0.6) is 0 Å². The molecule has 0 N–H and O–H groups in total. The molecule has 3 heterocycles. The van der Waals surface area contributed by atoms with E-state index in [9.17, 15) is 0 Å². The minimum atomic E-state index is -0.183. The standard InChI is InChI=1S/C87H74N2O2/c1-8-25-72(85-55-66-31-22-23-35-84(66)90-85)58(9-2)26-16-15-21-32-76-78-54-65(63-36-38-64(39-37-63)73-33-24-34-77-71(10-3)83(12-5)91-86(73)77)44-53-82(78)89(81(76)11-4)70-50-52-75-74-51-49-69(56-79(74)87(6,7)80(75)57-70)88(67-45-40-61(41-46-67)59-27-17-13-18-28-59)68-47-42-62(43-48-68)60-29-19-14-20-30-60/h8-14,16-38,40-56,64,76,80-81H,1,3-5,15,39,57H2,2,6-7H3. The third-order valence-corrected chi connectivity index (χ3v) is 19.3. The molecule has 0 amide bonds. The van der Waals surface area contributed by atoms with Crippen LogP contribution < -0.4 is 9.80 Å². The van der Waals surface area contributed by atoms with Crippen LogP contribution in [-0.2, 0) is 5.41 Å². The quantitative estimate of drug-likeness (QED) is 0.0633. The Labute approximate surface area is 536 Å². The molecule has 4 nitrogen and oxygen atoms in total. The van der Waals surface area contributed by atoms with Gasteiger partial charge in [0.15, 0.2) is 0 Å². The van der Waals surface area contributed by atoms with Gasteiger partial charge in [-0.25, -0.2) is 0 Å². The van der Waals surface area contributed by atoms with E-state index in [0.29, 0.717) is 0 Å². The zero-order valence-corrected chi connectivity index (χ0v) is 52.1. The molecule has 1 aliphatic heterocycles. The van der Waals surface area contributed by atoms with Crippen molar-refractivity contribution in [3.63, 3.8) is 0 Å². The highest BCUT2D eigenvalue weighted by Crippen LogP contribution is 2.57. The average Bonchev–Trinajstić information content (AvgIpc) is 1.59. The van der Waals surface area contributed by atoms with Gasteiger partial charge in [-0.3, -0.25) is 0 Å². The maximum atomic E-state index is 6.42. The molecule has 4 aliphatic rings. The van der Waals surface area contributed by atoms with Gasteiger partial charge in [-0.1, -0.05) is 246 Å². The summed E-state index contributed by atoms with van der Waals surface area (Å²) in [5, 5.41) is 2.14. The van der Waals surface area contributed by atoms with Crippen LogP contribution in [-0.4, -0.2) is 6.04 Å². The van der Waals surface area contributed by atoms with Crippen LogP contribution in [0, 0.1) is 5.92 Å². The summed E-state index contributed by atoms with van der Waals surface area (Å²) < 4.78 is 12.8. The summed E-state index contributed by atoms with van der Waals surface area (Å²) in [5.74, 6) is 2.04. The van der Waals surface area contributed by atoms with Gasteiger partial charge in [-0.15, -0.1) is 6.58 Å². The van der Waals surface area contributed by atoms with E-state index >= 15 is 0 Å². The van der Waals surface area contributed by atoms with Crippen LogP contribution in [0.3, 0.4) is 0 Å². The second-order valence-corrected chi connectivity index (χ2v) is 24.7. The molecule has 444 valence electrons. The number of anilines is 4. The Hall–Kier alpha value is -10.7. The van der Waals surface area contributed by atoms with Crippen LogP contribution in [0.1, 0.15) is 96.8 Å². The Kier molecular flexibility index (Phi) is 15.8. The molecule has 0 saturated heterocycles. The van der Waals surface area contributed by atoms with Crippen molar-refractivity contribution in [3.05, 3.63) is 356 Å². The average molecular weight is 1180 g/mol. The fraction of sp³-hybridized carbons (Fsp3) is 0.126.